The molecule has 1 unspecified atom stereocenters. The van der Waals surface area contributed by atoms with E-state index in [-0.39, 0.29) is 41.1 Å². The summed E-state index contributed by atoms with van der Waals surface area (Å²) in [6.07, 6.45) is 0.436. The molecule has 0 bridgehead atoms. The summed E-state index contributed by atoms with van der Waals surface area (Å²) in [5, 5.41) is 2.75. The molecule has 0 radical (unpaired) electrons. The van der Waals surface area contributed by atoms with Gasteiger partial charge in [0.1, 0.15) is 5.84 Å². The van der Waals surface area contributed by atoms with E-state index >= 15 is 0 Å². The zero-order valence-corrected chi connectivity index (χ0v) is 15.3. The fourth-order valence-electron chi connectivity index (χ4n) is 3.03. The predicted octanol–water partition coefficient (Wildman–Crippen LogP) is -0.191. The van der Waals surface area contributed by atoms with E-state index < -0.39 is 25.4 Å². The number of sulfone groups is 1. The maximum absolute atomic E-state index is 12.0. The van der Waals surface area contributed by atoms with Gasteiger partial charge in [-0.1, -0.05) is 12.1 Å². The molecule has 2 aliphatic rings. The summed E-state index contributed by atoms with van der Waals surface area (Å²) in [5.74, 6) is -0.0749. The summed E-state index contributed by atoms with van der Waals surface area (Å²) in [7, 11) is -6.69. The van der Waals surface area contributed by atoms with E-state index in [0.29, 0.717) is 12.0 Å². The number of fused-ring (bicyclic) bond motifs is 1. The Morgan fingerprint density at radius 2 is 2.00 bits per heavy atom. The Balaban J connectivity index is 1.62. The fraction of sp³-hybridized carbons (Fsp3) is 0.467. The molecular weight excluding hydrogens is 366 g/mol. The normalized spacial score (nSPS) is 27.6. The Hall–Kier alpha value is -1.94. The molecule has 1 atom stereocenters. The van der Waals surface area contributed by atoms with Crippen LogP contribution in [0.4, 0.5) is 0 Å². The van der Waals surface area contributed by atoms with Gasteiger partial charge in [0.15, 0.2) is 9.84 Å². The average Bonchev–Trinajstić information content (AvgIpc) is 2.93. The van der Waals surface area contributed by atoms with Gasteiger partial charge in [0.05, 0.1) is 28.5 Å². The van der Waals surface area contributed by atoms with Crippen LogP contribution in [0.15, 0.2) is 34.2 Å². The van der Waals surface area contributed by atoms with Gasteiger partial charge in [-0.2, -0.15) is 0 Å². The van der Waals surface area contributed by atoms with Gasteiger partial charge in [-0.3, -0.25) is 14.5 Å². The Morgan fingerprint density at radius 3 is 2.68 bits per heavy atom. The summed E-state index contributed by atoms with van der Waals surface area (Å²) in [6, 6.07) is 6.49. The van der Waals surface area contributed by atoms with Crippen molar-refractivity contribution in [2.24, 2.45) is 4.99 Å². The fourth-order valence-corrected chi connectivity index (χ4v) is 6.37. The Kier molecular flexibility index (Phi) is 4.36. The Morgan fingerprint density at radius 1 is 1.28 bits per heavy atom. The minimum Gasteiger partial charge on any atom is -0.350 e. The highest BCUT2D eigenvalue weighted by atomic mass is 32.2. The molecule has 2 heterocycles. The molecule has 0 aliphatic carbocycles. The number of benzene rings is 1. The molecule has 0 spiro atoms. The number of nitrogens with zero attached hydrogens (tertiary/aromatic N) is 1. The van der Waals surface area contributed by atoms with E-state index in [1.165, 1.54) is 6.07 Å². The summed E-state index contributed by atoms with van der Waals surface area (Å²) in [5.41, 5.74) is -0.262. The van der Waals surface area contributed by atoms with Crippen LogP contribution >= 0.6 is 0 Å². The Bertz CT molecular complexity index is 953. The van der Waals surface area contributed by atoms with E-state index in [0.717, 1.165) is 0 Å². The molecule has 0 saturated carbocycles. The van der Waals surface area contributed by atoms with Crippen molar-refractivity contribution in [3.05, 3.63) is 29.8 Å². The van der Waals surface area contributed by atoms with Crippen molar-refractivity contribution in [2.75, 3.05) is 18.1 Å². The SMILES string of the molecule is CC1(NC(=O)CCN=C2NS(=O)(=O)c3ccccc32)CCS(=O)(=O)C1. The number of carbonyl (C=O) groups excluding carboxylic acids is 1. The molecule has 25 heavy (non-hydrogen) atoms. The van der Waals surface area contributed by atoms with E-state index in [9.17, 15) is 21.6 Å². The van der Waals surface area contributed by atoms with Crippen molar-refractivity contribution in [2.45, 2.75) is 30.2 Å². The largest absolute Gasteiger partial charge is 0.350 e. The second kappa shape index (κ2) is 6.10. The van der Waals surface area contributed by atoms with Crippen LogP contribution in [0, 0.1) is 0 Å². The number of amidine groups is 1. The molecular formula is C15H19N3O5S2. The summed E-state index contributed by atoms with van der Waals surface area (Å²) < 4.78 is 49.4. The summed E-state index contributed by atoms with van der Waals surface area (Å²) in [4.78, 5) is 16.4. The van der Waals surface area contributed by atoms with Crippen molar-refractivity contribution in [1.29, 1.82) is 0 Å². The van der Waals surface area contributed by atoms with Gasteiger partial charge < -0.3 is 5.32 Å². The molecule has 1 aromatic rings. The number of aliphatic imine (C=N–C) groups is 1. The second-order valence-corrected chi connectivity index (χ2v) is 10.4. The lowest BCUT2D eigenvalue weighted by molar-refractivity contribution is -0.122. The highest BCUT2D eigenvalue weighted by molar-refractivity contribution is 7.91. The maximum Gasteiger partial charge on any atom is 0.263 e. The number of rotatable bonds is 4. The molecule has 0 aromatic heterocycles. The quantitative estimate of drug-likeness (QED) is 0.744. The van der Waals surface area contributed by atoms with Gasteiger partial charge in [0, 0.05) is 12.0 Å². The molecule has 3 rings (SSSR count). The smallest absolute Gasteiger partial charge is 0.263 e. The van der Waals surface area contributed by atoms with Crippen LogP contribution in [0.3, 0.4) is 0 Å². The lowest BCUT2D eigenvalue weighted by Gasteiger charge is -2.23. The molecule has 1 amide bonds. The van der Waals surface area contributed by atoms with Gasteiger partial charge in [-0.05, 0) is 25.5 Å². The van der Waals surface area contributed by atoms with Gasteiger partial charge in [0.2, 0.25) is 5.91 Å². The van der Waals surface area contributed by atoms with Gasteiger partial charge in [0.25, 0.3) is 10.0 Å². The third kappa shape index (κ3) is 3.84. The van der Waals surface area contributed by atoms with Crippen LogP contribution < -0.4 is 10.0 Å². The molecule has 1 aromatic carbocycles. The number of amides is 1. The minimum atomic E-state index is -3.59. The van der Waals surface area contributed by atoms with Gasteiger partial charge in [-0.25, -0.2) is 16.8 Å². The van der Waals surface area contributed by atoms with Crippen molar-refractivity contribution in [3.8, 4) is 0 Å². The van der Waals surface area contributed by atoms with Crippen molar-refractivity contribution in [3.63, 3.8) is 0 Å². The molecule has 2 N–H and O–H groups in total. The topological polar surface area (TPSA) is 122 Å². The lowest BCUT2D eigenvalue weighted by Crippen LogP contribution is -2.47. The molecule has 136 valence electrons. The first-order chi connectivity index (χ1) is 11.6. The number of hydrogen-bond acceptors (Lipinski definition) is 6. The number of hydrogen-bond donors (Lipinski definition) is 2. The predicted molar refractivity (Wildman–Crippen MR) is 92.6 cm³/mol. The number of carbonyl (C=O) groups is 1. The molecule has 8 nitrogen and oxygen atoms in total. The average molecular weight is 385 g/mol. The first kappa shape index (κ1) is 17.9. The monoisotopic (exact) mass is 385 g/mol. The van der Waals surface area contributed by atoms with E-state index in [2.05, 4.69) is 15.0 Å². The molecule has 1 fully saturated rings. The minimum absolute atomic E-state index is 0.0447. The van der Waals surface area contributed by atoms with E-state index in [1.807, 2.05) is 0 Å². The number of nitrogens with one attached hydrogen (secondary N) is 2. The van der Waals surface area contributed by atoms with E-state index in [1.54, 1.807) is 25.1 Å². The van der Waals surface area contributed by atoms with Crippen LogP contribution in [0.5, 0.6) is 0 Å². The van der Waals surface area contributed by atoms with Crippen LogP contribution in [-0.2, 0) is 24.7 Å². The van der Waals surface area contributed by atoms with Gasteiger partial charge in [-0.15, -0.1) is 0 Å². The lowest BCUT2D eigenvalue weighted by atomic mass is 10.0. The van der Waals surface area contributed by atoms with Crippen LogP contribution in [0.2, 0.25) is 0 Å². The standard InChI is InChI=1S/C15H19N3O5S2/c1-15(7-9-24(20,21)10-15)17-13(19)6-8-16-14-11-4-2-3-5-12(11)25(22,23)18-14/h2-5H,6-10H2,1H3,(H,16,18)(H,17,19). The van der Waals surface area contributed by atoms with Crippen molar-refractivity contribution < 1.29 is 21.6 Å². The third-order valence-electron chi connectivity index (χ3n) is 4.22. The summed E-state index contributed by atoms with van der Waals surface area (Å²) in [6.45, 7) is 1.81. The zero-order valence-electron chi connectivity index (χ0n) is 13.6. The highest BCUT2D eigenvalue weighted by Gasteiger charge is 2.39. The van der Waals surface area contributed by atoms with Crippen LogP contribution in [-0.4, -0.2) is 52.2 Å². The molecule has 1 saturated heterocycles. The second-order valence-electron chi connectivity index (χ2n) is 6.53. The number of sulfonamides is 1. The highest BCUT2D eigenvalue weighted by Crippen LogP contribution is 2.23. The third-order valence-corrected chi connectivity index (χ3v) is 7.52. The van der Waals surface area contributed by atoms with Crippen LogP contribution in [0.1, 0.15) is 25.3 Å². The Labute approximate surface area is 146 Å². The molecule has 10 heteroatoms. The maximum atomic E-state index is 12.0. The first-order valence-corrected chi connectivity index (χ1v) is 11.1. The van der Waals surface area contributed by atoms with Gasteiger partial charge >= 0.3 is 0 Å². The molecule has 2 aliphatic heterocycles. The van der Waals surface area contributed by atoms with Crippen molar-refractivity contribution >= 4 is 31.6 Å². The van der Waals surface area contributed by atoms with E-state index in [4.69, 9.17) is 0 Å². The zero-order chi connectivity index (χ0) is 18.3. The summed E-state index contributed by atoms with van der Waals surface area (Å²) >= 11 is 0. The first-order valence-electron chi connectivity index (χ1n) is 7.78. The van der Waals surface area contributed by atoms with Crippen molar-refractivity contribution in [1.82, 2.24) is 10.0 Å². The van der Waals surface area contributed by atoms with Crippen LogP contribution in [0.25, 0.3) is 0 Å².